The zero-order valence-corrected chi connectivity index (χ0v) is 11.3. The molecule has 1 fully saturated rings. The molecule has 0 spiro atoms. The van der Waals surface area contributed by atoms with Gasteiger partial charge in [-0.15, -0.1) is 0 Å². The van der Waals surface area contributed by atoms with E-state index in [1.807, 2.05) is 18.2 Å². The second-order valence-electron chi connectivity index (χ2n) is 4.78. The molecule has 3 heteroatoms. The SMILES string of the molecule is COc1cccc(Cl)c1CNC(C)C1CCC1. The van der Waals surface area contributed by atoms with E-state index in [-0.39, 0.29) is 0 Å². The molecule has 0 radical (unpaired) electrons. The summed E-state index contributed by atoms with van der Waals surface area (Å²) in [4.78, 5) is 0. The Bertz CT molecular complexity index is 376. The van der Waals surface area contributed by atoms with Crippen molar-refractivity contribution in [1.82, 2.24) is 5.32 Å². The van der Waals surface area contributed by atoms with Gasteiger partial charge in [0.05, 0.1) is 7.11 Å². The van der Waals surface area contributed by atoms with Crippen LogP contribution < -0.4 is 10.1 Å². The number of rotatable bonds is 5. The van der Waals surface area contributed by atoms with Gasteiger partial charge in [-0.25, -0.2) is 0 Å². The highest BCUT2D eigenvalue weighted by molar-refractivity contribution is 6.31. The molecule has 0 amide bonds. The Morgan fingerprint density at radius 2 is 2.24 bits per heavy atom. The molecule has 0 bridgehead atoms. The maximum atomic E-state index is 6.20. The molecule has 1 saturated carbocycles. The molecule has 0 aromatic heterocycles. The first-order valence-corrected chi connectivity index (χ1v) is 6.65. The topological polar surface area (TPSA) is 21.3 Å². The summed E-state index contributed by atoms with van der Waals surface area (Å²) in [6.45, 7) is 3.04. The van der Waals surface area contributed by atoms with Gasteiger partial charge in [-0.05, 0) is 37.8 Å². The van der Waals surface area contributed by atoms with Crippen molar-refractivity contribution >= 4 is 11.6 Å². The fraction of sp³-hybridized carbons (Fsp3) is 0.571. The molecule has 1 N–H and O–H groups in total. The summed E-state index contributed by atoms with van der Waals surface area (Å²) in [5, 5.41) is 4.33. The van der Waals surface area contributed by atoms with Crippen LogP contribution in [-0.2, 0) is 6.54 Å². The summed E-state index contributed by atoms with van der Waals surface area (Å²) in [6, 6.07) is 6.34. The Morgan fingerprint density at radius 1 is 1.47 bits per heavy atom. The van der Waals surface area contributed by atoms with Gasteiger partial charge in [0, 0.05) is 23.2 Å². The standard InChI is InChI=1S/C14H20ClNO/c1-10(11-5-3-6-11)16-9-12-13(15)7-4-8-14(12)17-2/h4,7-8,10-11,16H,3,5-6,9H2,1-2H3. The summed E-state index contributed by atoms with van der Waals surface area (Å²) < 4.78 is 5.33. The van der Waals surface area contributed by atoms with Crippen molar-refractivity contribution in [2.75, 3.05) is 7.11 Å². The molecule has 0 aliphatic heterocycles. The van der Waals surface area contributed by atoms with Crippen molar-refractivity contribution in [3.05, 3.63) is 28.8 Å². The third kappa shape index (κ3) is 2.93. The van der Waals surface area contributed by atoms with Gasteiger partial charge in [-0.2, -0.15) is 0 Å². The highest BCUT2D eigenvalue weighted by Crippen LogP contribution is 2.30. The van der Waals surface area contributed by atoms with Crippen molar-refractivity contribution in [2.24, 2.45) is 5.92 Å². The molecule has 94 valence electrons. The first-order valence-electron chi connectivity index (χ1n) is 6.27. The van der Waals surface area contributed by atoms with Crippen molar-refractivity contribution in [3.8, 4) is 5.75 Å². The molecule has 2 nitrogen and oxygen atoms in total. The van der Waals surface area contributed by atoms with Crippen LogP contribution in [0.1, 0.15) is 31.7 Å². The zero-order valence-electron chi connectivity index (χ0n) is 10.5. The first kappa shape index (κ1) is 12.7. The van der Waals surface area contributed by atoms with Crippen LogP contribution in [-0.4, -0.2) is 13.2 Å². The normalized spacial score (nSPS) is 17.6. The molecular weight excluding hydrogens is 234 g/mol. The molecule has 0 saturated heterocycles. The van der Waals surface area contributed by atoms with E-state index in [1.165, 1.54) is 19.3 Å². The summed E-state index contributed by atoms with van der Waals surface area (Å²) in [6.07, 6.45) is 4.09. The minimum absolute atomic E-state index is 0.560. The average molecular weight is 254 g/mol. The molecular formula is C14H20ClNO. The van der Waals surface area contributed by atoms with Gasteiger partial charge in [0.1, 0.15) is 5.75 Å². The molecule has 1 aromatic rings. The summed E-state index contributed by atoms with van der Waals surface area (Å²) in [5.41, 5.74) is 1.06. The van der Waals surface area contributed by atoms with E-state index in [0.29, 0.717) is 6.04 Å². The lowest BCUT2D eigenvalue weighted by molar-refractivity contribution is 0.239. The Labute approximate surface area is 108 Å². The van der Waals surface area contributed by atoms with E-state index in [0.717, 1.165) is 28.8 Å². The van der Waals surface area contributed by atoms with Crippen molar-refractivity contribution in [3.63, 3.8) is 0 Å². The van der Waals surface area contributed by atoms with Crippen LogP contribution in [0.3, 0.4) is 0 Å². The van der Waals surface area contributed by atoms with Crippen molar-refractivity contribution in [1.29, 1.82) is 0 Å². The number of benzene rings is 1. The third-order valence-electron chi connectivity index (χ3n) is 3.75. The van der Waals surface area contributed by atoms with Gasteiger partial charge in [0.15, 0.2) is 0 Å². The van der Waals surface area contributed by atoms with Gasteiger partial charge in [-0.1, -0.05) is 24.1 Å². The van der Waals surface area contributed by atoms with Gasteiger partial charge in [0.2, 0.25) is 0 Å². The Morgan fingerprint density at radius 3 is 2.82 bits per heavy atom. The van der Waals surface area contributed by atoms with E-state index in [1.54, 1.807) is 7.11 Å². The number of methoxy groups -OCH3 is 1. The van der Waals surface area contributed by atoms with Crippen LogP contribution in [0.25, 0.3) is 0 Å². The summed E-state index contributed by atoms with van der Waals surface area (Å²) in [7, 11) is 1.69. The lowest BCUT2D eigenvalue weighted by Gasteiger charge is -2.32. The van der Waals surface area contributed by atoms with E-state index in [9.17, 15) is 0 Å². The number of nitrogens with one attached hydrogen (secondary N) is 1. The van der Waals surface area contributed by atoms with Crippen LogP contribution in [0.4, 0.5) is 0 Å². The van der Waals surface area contributed by atoms with Crippen LogP contribution in [0, 0.1) is 5.92 Å². The largest absolute Gasteiger partial charge is 0.496 e. The van der Waals surface area contributed by atoms with Crippen LogP contribution in [0.15, 0.2) is 18.2 Å². The minimum atomic E-state index is 0.560. The maximum absolute atomic E-state index is 6.20. The van der Waals surface area contributed by atoms with Gasteiger partial charge in [-0.3, -0.25) is 0 Å². The lowest BCUT2D eigenvalue weighted by Crippen LogP contribution is -2.36. The average Bonchev–Trinajstić information content (AvgIpc) is 2.24. The molecule has 1 aliphatic carbocycles. The molecule has 1 aromatic carbocycles. The van der Waals surface area contributed by atoms with Gasteiger partial charge < -0.3 is 10.1 Å². The lowest BCUT2D eigenvalue weighted by atomic mass is 9.80. The molecule has 0 heterocycles. The summed E-state index contributed by atoms with van der Waals surface area (Å²) >= 11 is 6.20. The quantitative estimate of drug-likeness (QED) is 0.865. The fourth-order valence-electron chi connectivity index (χ4n) is 2.27. The third-order valence-corrected chi connectivity index (χ3v) is 4.11. The number of halogens is 1. The molecule has 2 rings (SSSR count). The predicted molar refractivity (Wildman–Crippen MR) is 71.6 cm³/mol. The fourth-order valence-corrected chi connectivity index (χ4v) is 2.50. The second-order valence-corrected chi connectivity index (χ2v) is 5.19. The number of ether oxygens (including phenoxy) is 1. The highest BCUT2D eigenvalue weighted by atomic mass is 35.5. The Kier molecular flexibility index (Phi) is 4.30. The Balaban J connectivity index is 1.97. The maximum Gasteiger partial charge on any atom is 0.124 e. The zero-order chi connectivity index (χ0) is 12.3. The van der Waals surface area contributed by atoms with E-state index >= 15 is 0 Å². The summed E-state index contributed by atoms with van der Waals surface area (Å²) in [5.74, 6) is 1.70. The van der Waals surface area contributed by atoms with Crippen LogP contribution >= 0.6 is 11.6 Å². The molecule has 1 aliphatic rings. The molecule has 1 atom stereocenters. The minimum Gasteiger partial charge on any atom is -0.496 e. The van der Waals surface area contributed by atoms with Crippen molar-refractivity contribution < 1.29 is 4.74 Å². The molecule has 1 unspecified atom stereocenters. The number of hydrogen-bond donors (Lipinski definition) is 1. The number of hydrogen-bond acceptors (Lipinski definition) is 2. The van der Waals surface area contributed by atoms with E-state index in [2.05, 4.69) is 12.2 Å². The van der Waals surface area contributed by atoms with Gasteiger partial charge >= 0.3 is 0 Å². The molecule has 17 heavy (non-hydrogen) atoms. The Hall–Kier alpha value is -0.730. The van der Waals surface area contributed by atoms with Gasteiger partial charge in [0.25, 0.3) is 0 Å². The van der Waals surface area contributed by atoms with E-state index < -0.39 is 0 Å². The monoisotopic (exact) mass is 253 g/mol. The smallest absolute Gasteiger partial charge is 0.124 e. The van der Waals surface area contributed by atoms with Crippen LogP contribution in [0.5, 0.6) is 5.75 Å². The van der Waals surface area contributed by atoms with Crippen molar-refractivity contribution in [2.45, 2.75) is 38.8 Å². The first-order chi connectivity index (χ1) is 8.22. The predicted octanol–water partition coefficient (Wildman–Crippen LogP) is 3.63. The highest BCUT2D eigenvalue weighted by Gasteiger charge is 2.23. The van der Waals surface area contributed by atoms with E-state index in [4.69, 9.17) is 16.3 Å². The van der Waals surface area contributed by atoms with Crippen LogP contribution in [0.2, 0.25) is 5.02 Å². The second kappa shape index (κ2) is 5.74.